The summed E-state index contributed by atoms with van der Waals surface area (Å²) in [6, 6.07) is 9.32. The lowest BCUT2D eigenvalue weighted by atomic mass is 10.1. The van der Waals surface area contributed by atoms with Crippen molar-refractivity contribution in [1.82, 2.24) is 5.32 Å². The molecule has 2 aromatic carbocycles. The summed E-state index contributed by atoms with van der Waals surface area (Å²) in [4.78, 5) is 22.9. The predicted octanol–water partition coefficient (Wildman–Crippen LogP) is 3.72. The molecule has 0 saturated carbocycles. The number of hydrogen-bond acceptors (Lipinski definition) is 6. The van der Waals surface area contributed by atoms with Gasteiger partial charge in [0.05, 0.1) is 31.3 Å². The van der Waals surface area contributed by atoms with Crippen molar-refractivity contribution < 1.29 is 23.9 Å². The van der Waals surface area contributed by atoms with Gasteiger partial charge in [0.2, 0.25) is 0 Å². The number of amides is 2. The highest BCUT2D eigenvalue weighted by atomic mass is 16.6. The zero-order valence-corrected chi connectivity index (χ0v) is 16.0. The van der Waals surface area contributed by atoms with Crippen LogP contribution < -0.4 is 24.8 Å². The van der Waals surface area contributed by atoms with E-state index in [1.165, 1.54) is 12.1 Å². The molecule has 9 heteroatoms. The van der Waals surface area contributed by atoms with Crippen molar-refractivity contribution in [3.63, 3.8) is 0 Å². The fourth-order valence-electron chi connectivity index (χ4n) is 2.48. The van der Waals surface area contributed by atoms with E-state index in [2.05, 4.69) is 10.6 Å². The first kappa shape index (κ1) is 20.8. The number of urea groups is 1. The largest absolute Gasteiger partial charge is 0.497 e. The molecule has 28 heavy (non-hydrogen) atoms. The molecular weight excluding hydrogens is 366 g/mol. The van der Waals surface area contributed by atoms with Crippen LogP contribution in [0.2, 0.25) is 0 Å². The van der Waals surface area contributed by atoms with Gasteiger partial charge in [0, 0.05) is 23.9 Å². The van der Waals surface area contributed by atoms with Gasteiger partial charge in [0.25, 0.3) is 0 Å². The van der Waals surface area contributed by atoms with Crippen LogP contribution in [0.15, 0.2) is 36.4 Å². The van der Waals surface area contributed by atoms with Crippen LogP contribution in [0.25, 0.3) is 0 Å². The van der Waals surface area contributed by atoms with Gasteiger partial charge in [-0.25, -0.2) is 4.79 Å². The van der Waals surface area contributed by atoms with Gasteiger partial charge in [-0.3, -0.25) is 10.1 Å². The first-order valence-corrected chi connectivity index (χ1v) is 8.74. The van der Waals surface area contributed by atoms with Crippen molar-refractivity contribution in [3.05, 3.63) is 52.1 Å². The van der Waals surface area contributed by atoms with Crippen molar-refractivity contribution in [2.24, 2.45) is 0 Å². The third-order valence-electron chi connectivity index (χ3n) is 3.71. The van der Waals surface area contributed by atoms with Crippen molar-refractivity contribution >= 4 is 17.4 Å². The molecule has 0 unspecified atom stereocenters. The number of anilines is 1. The SMILES string of the molecule is CCOc1cc([N+](=O)[O-])c(OCC)cc1CNC(=O)Nc1cccc(OC)c1. The summed E-state index contributed by atoms with van der Waals surface area (Å²) in [6.45, 7) is 4.21. The molecule has 0 aliphatic rings. The lowest BCUT2D eigenvalue weighted by molar-refractivity contribution is -0.385. The molecule has 0 saturated heterocycles. The molecule has 0 aliphatic carbocycles. The number of nitro groups is 1. The minimum Gasteiger partial charge on any atom is -0.497 e. The summed E-state index contributed by atoms with van der Waals surface area (Å²) in [6.07, 6.45) is 0. The number of nitrogens with one attached hydrogen (secondary N) is 2. The Morgan fingerprint density at radius 2 is 1.82 bits per heavy atom. The smallest absolute Gasteiger partial charge is 0.319 e. The second kappa shape index (κ2) is 10.0. The summed E-state index contributed by atoms with van der Waals surface area (Å²) in [5, 5.41) is 16.7. The molecule has 2 rings (SSSR count). The van der Waals surface area contributed by atoms with Crippen molar-refractivity contribution in [1.29, 1.82) is 0 Å². The highest BCUT2D eigenvalue weighted by Gasteiger charge is 2.20. The van der Waals surface area contributed by atoms with Gasteiger partial charge >= 0.3 is 11.7 Å². The molecule has 150 valence electrons. The molecule has 2 amide bonds. The number of nitrogens with zero attached hydrogens (tertiary/aromatic N) is 1. The van der Waals surface area contributed by atoms with E-state index in [1.54, 1.807) is 45.2 Å². The number of ether oxygens (including phenoxy) is 3. The minimum atomic E-state index is -0.528. The van der Waals surface area contributed by atoms with E-state index in [-0.39, 0.29) is 24.6 Å². The summed E-state index contributed by atoms with van der Waals surface area (Å²) in [7, 11) is 1.54. The van der Waals surface area contributed by atoms with Gasteiger partial charge in [-0.05, 0) is 32.0 Å². The zero-order valence-electron chi connectivity index (χ0n) is 16.0. The molecule has 2 aromatic rings. The zero-order chi connectivity index (χ0) is 20.5. The molecule has 0 atom stereocenters. The van der Waals surface area contributed by atoms with E-state index in [0.29, 0.717) is 29.4 Å². The second-order valence-corrected chi connectivity index (χ2v) is 5.59. The summed E-state index contributed by atoms with van der Waals surface area (Å²) >= 11 is 0. The number of methoxy groups -OCH3 is 1. The second-order valence-electron chi connectivity index (χ2n) is 5.59. The van der Waals surface area contributed by atoms with Crippen LogP contribution in [-0.4, -0.2) is 31.3 Å². The third-order valence-corrected chi connectivity index (χ3v) is 3.71. The maximum Gasteiger partial charge on any atom is 0.319 e. The number of nitro benzene ring substituents is 1. The average molecular weight is 389 g/mol. The Bertz CT molecular complexity index is 840. The summed E-state index contributed by atoms with van der Waals surface area (Å²) in [5.41, 5.74) is 0.951. The van der Waals surface area contributed by atoms with Gasteiger partial charge in [-0.1, -0.05) is 6.07 Å². The molecule has 0 spiro atoms. The van der Waals surface area contributed by atoms with Crippen LogP contribution in [0.3, 0.4) is 0 Å². The standard InChI is InChI=1S/C19H23N3O6/c1-4-27-17-11-16(22(24)25)18(28-5-2)9-13(17)12-20-19(23)21-14-7-6-8-15(10-14)26-3/h6-11H,4-5,12H2,1-3H3,(H2,20,21,23). The highest BCUT2D eigenvalue weighted by molar-refractivity contribution is 5.89. The quantitative estimate of drug-likeness (QED) is 0.499. The molecule has 2 N–H and O–H groups in total. The molecular formula is C19H23N3O6. The maximum absolute atomic E-state index is 12.2. The van der Waals surface area contributed by atoms with Gasteiger partial charge in [-0.15, -0.1) is 0 Å². The maximum atomic E-state index is 12.2. The van der Waals surface area contributed by atoms with Crippen LogP contribution in [0.1, 0.15) is 19.4 Å². The minimum absolute atomic E-state index is 0.100. The van der Waals surface area contributed by atoms with Crippen molar-refractivity contribution in [2.45, 2.75) is 20.4 Å². The molecule has 0 heterocycles. The van der Waals surface area contributed by atoms with Crippen LogP contribution >= 0.6 is 0 Å². The van der Waals surface area contributed by atoms with Gasteiger partial charge in [0.1, 0.15) is 11.5 Å². The lowest BCUT2D eigenvalue weighted by Gasteiger charge is -2.14. The Morgan fingerprint density at radius 1 is 1.11 bits per heavy atom. The monoisotopic (exact) mass is 389 g/mol. The third kappa shape index (κ3) is 5.50. The van der Waals surface area contributed by atoms with Crippen LogP contribution in [0.5, 0.6) is 17.2 Å². The van der Waals surface area contributed by atoms with Gasteiger partial charge in [0.15, 0.2) is 5.75 Å². The summed E-state index contributed by atoms with van der Waals surface area (Å²) in [5.74, 6) is 1.06. The molecule has 9 nitrogen and oxygen atoms in total. The average Bonchev–Trinajstić information content (AvgIpc) is 2.68. The first-order valence-electron chi connectivity index (χ1n) is 8.74. The normalized spacial score (nSPS) is 10.1. The fourth-order valence-corrected chi connectivity index (χ4v) is 2.48. The van der Waals surface area contributed by atoms with E-state index in [4.69, 9.17) is 14.2 Å². The molecule has 0 radical (unpaired) electrons. The molecule has 0 aromatic heterocycles. The Hall–Kier alpha value is -3.49. The van der Waals surface area contributed by atoms with Crippen LogP contribution in [0, 0.1) is 10.1 Å². The number of hydrogen-bond donors (Lipinski definition) is 2. The van der Waals surface area contributed by atoms with E-state index >= 15 is 0 Å². The number of rotatable bonds is 9. The molecule has 0 aliphatic heterocycles. The van der Waals surface area contributed by atoms with Crippen molar-refractivity contribution in [2.75, 3.05) is 25.6 Å². The Kier molecular flexibility index (Phi) is 7.44. The van der Waals surface area contributed by atoms with E-state index in [0.717, 1.165) is 0 Å². The predicted molar refractivity (Wildman–Crippen MR) is 104 cm³/mol. The van der Waals surface area contributed by atoms with Gasteiger partial charge < -0.3 is 24.8 Å². The topological polar surface area (TPSA) is 112 Å². The summed E-state index contributed by atoms with van der Waals surface area (Å²) < 4.78 is 16.0. The van der Waals surface area contributed by atoms with Gasteiger partial charge in [-0.2, -0.15) is 0 Å². The van der Waals surface area contributed by atoms with E-state index in [1.807, 2.05) is 0 Å². The highest BCUT2D eigenvalue weighted by Crippen LogP contribution is 2.35. The van der Waals surface area contributed by atoms with Crippen molar-refractivity contribution in [3.8, 4) is 17.2 Å². The number of carbonyl (C=O) groups excluding carboxylic acids is 1. The fraction of sp³-hybridized carbons (Fsp3) is 0.316. The van der Waals surface area contributed by atoms with Crippen LogP contribution in [-0.2, 0) is 6.54 Å². The lowest BCUT2D eigenvalue weighted by Crippen LogP contribution is -2.28. The van der Waals surface area contributed by atoms with E-state index < -0.39 is 11.0 Å². The Balaban J connectivity index is 2.15. The van der Waals surface area contributed by atoms with Crippen LogP contribution in [0.4, 0.5) is 16.2 Å². The number of carbonyl (C=O) groups is 1. The molecule has 0 fully saturated rings. The Morgan fingerprint density at radius 3 is 2.46 bits per heavy atom. The number of benzene rings is 2. The molecule has 0 bridgehead atoms. The Labute approximate surface area is 162 Å². The van der Waals surface area contributed by atoms with E-state index in [9.17, 15) is 14.9 Å². The first-order chi connectivity index (χ1) is 13.5.